The summed E-state index contributed by atoms with van der Waals surface area (Å²) in [5.74, 6) is -1.08. The Hall–Kier alpha value is -1.15. The van der Waals surface area contributed by atoms with Gasteiger partial charge in [-0.1, -0.05) is 200 Å². The van der Waals surface area contributed by atoms with Crippen LogP contribution in [0.1, 0.15) is 226 Å². The molecule has 0 radical (unpaired) electrons. The van der Waals surface area contributed by atoms with Crippen LogP contribution >= 0.6 is 7.82 Å². The highest BCUT2D eigenvalue weighted by molar-refractivity contribution is 7.47. The average Bonchev–Trinajstić information content (AvgIpc) is 3.23. The van der Waals surface area contributed by atoms with Gasteiger partial charge >= 0.3 is 19.8 Å². The van der Waals surface area contributed by atoms with Gasteiger partial charge in [-0.2, -0.15) is 0 Å². The van der Waals surface area contributed by atoms with Crippen molar-refractivity contribution in [3.8, 4) is 0 Å². The molecule has 60 heavy (non-hydrogen) atoms. The van der Waals surface area contributed by atoms with Crippen molar-refractivity contribution >= 4 is 19.8 Å². The van der Waals surface area contributed by atoms with Crippen LogP contribution in [-0.4, -0.2) is 98.3 Å². The second kappa shape index (κ2) is 37.2. The van der Waals surface area contributed by atoms with E-state index in [1.54, 1.807) is 0 Å². The number of aliphatic hydroxyl groups is 5. The Kier molecular flexibility index (Phi) is 35.3. The van der Waals surface area contributed by atoms with Crippen molar-refractivity contribution < 1.29 is 63.1 Å². The molecule has 13 nitrogen and oxygen atoms in total. The van der Waals surface area contributed by atoms with Crippen LogP contribution in [-0.2, 0) is 32.7 Å². The second-order valence-electron chi connectivity index (χ2n) is 17.3. The minimum absolute atomic E-state index is 0.105. The predicted octanol–water partition coefficient (Wildman–Crippen LogP) is 9.67. The maximum Gasteiger partial charge on any atom is 0.472 e. The summed E-state index contributed by atoms with van der Waals surface area (Å²) in [5.41, 5.74) is 0. The molecule has 0 aromatic heterocycles. The Morgan fingerprint density at radius 2 is 0.750 bits per heavy atom. The topological polar surface area (TPSA) is 210 Å². The summed E-state index contributed by atoms with van der Waals surface area (Å²) in [6.07, 6.45) is 24.4. The molecule has 1 aliphatic rings. The SMILES string of the molecule is CCCCCCCCCCCCCCCCCCCC(=O)OC(COC(=O)CCCCCCCCCCCCCCCC)COP(=O)(O)OC1C(O)C(O)C(O)C(O)C1O. The molecule has 6 N–H and O–H groups in total. The van der Waals surface area contributed by atoms with E-state index < -0.39 is 75.7 Å². The summed E-state index contributed by atoms with van der Waals surface area (Å²) in [5, 5.41) is 50.2. The lowest BCUT2D eigenvalue weighted by Gasteiger charge is -2.41. The van der Waals surface area contributed by atoms with E-state index in [1.165, 1.54) is 148 Å². The summed E-state index contributed by atoms with van der Waals surface area (Å²) < 4.78 is 33.6. The third-order valence-corrected chi connectivity index (χ3v) is 12.7. The molecule has 0 spiro atoms. The third kappa shape index (κ3) is 29.3. The number of hydrogen-bond donors (Lipinski definition) is 6. The van der Waals surface area contributed by atoms with Gasteiger partial charge in [0.05, 0.1) is 6.61 Å². The lowest BCUT2D eigenvalue weighted by atomic mass is 9.85. The minimum atomic E-state index is -5.11. The molecule has 0 amide bonds. The van der Waals surface area contributed by atoms with Crippen molar-refractivity contribution in [1.29, 1.82) is 0 Å². The van der Waals surface area contributed by atoms with Gasteiger partial charge in [-0.25, -0.2) is 4.57 Å². The maximum absolute atomic E-state index is 12.8. The van der Waals surface area contributed by atoms with E-state index in [1.807, 2.05) is 0 Å². The van der Waals surface area contributed by atoms with Crippen molar-refractivity contribution in [2.24, 2.45) is 0 Å². The van der Waals surface area contributed by atoms with Crippen LogP contribution in [0.25, 0.3) is 0 Å². The van der Waals surface area contributed by atoms with Crippen LogP contribution in [0.15, 0.2) is 0 Å². The molecule has 0 heterocycles. The van der Waals surface area contributed by atoms with Crippen molar-refractivity contribution in [3.63, 3.8) is 0 Å². The Morgan fingerprint density at radius 1 is 0.450 bits per heavy atom. The first-order chi connectivity index (χ1) is 28.9. The van der Waals surface area contributed by atoms with E-state index >= 15 is 0 Å². The van der Waals surface area contributed by atoms with Gasteiger partial charge in [-0.15, -0.1) is 0 Å². The third-order valence-electron chi connectivity index (χ3n) is 11.7. The van der Waals surface area contributed by atoms with E-state index in [0.29, 0.717) is 12.8 Å². The van der Waals surface area contributed by atoms with Gasteiger partial charge < -0.3 is 39.9 Å². The molecule has 1 rings (SSSR count). The highest BCUT2D eigenvalue weighted by Crippen LogP contribution is 2.47. The molecule has 6 atom stereocenters. The molecule has 0 saturated heterocycles. The van der Waals surface area contributed by atoms with Gasteiger partial charge in [0.1, 0.15) is 43.2 Å². The highest BCUT2D eigenvalue weighted by Gasteiger charge is 2.51. The van der Waals surface area contributed by atoms with E-state index in [0.717, 1.165) is 38.5 Å². The van der Waals surface area contributed by atoms with Gasteiger partial charge in [-0.05, 0) is 12.8 Å². The fourth-order valence-electron chi connectivity index (χ4n) is 7.76. The van der Waals surface area contributed by atoms with E-state index in [9.17, 15) is 44.6 Å². The first-order valence-electron chi connectivity index (χ1n) is 24.3. The van der Waals surface area contributed by atoms with Gasteiger partial charge in [-0.3, -0.25) is 18.6 Å². The fourth-order valence-corrected chi connectivity index (χ4v) is 8.73. The molecular formula is C46H89O13P. The number of unbranched alkanes of at least 4 members (excludes halogenated alkanes) is 29. The lowest BCUT2D eigenvalue weighted by Crippen LogP contribution is -2.64. The van der Waals surface area contributed by atoms with Crippen LogP contribution in [0.2, 0.25) is 0 Å². The molecule has 14 heteroatoms. The smallest absolute Gasteiger partial charge is 0.462 e. The molecular weight excluding hydrogens is 791 g/mol. The van der Waals surface area contributed by atoms with Crippen molar-refractivity contribution in [3.05, 3.63) is 0 Å². The number of rotatable bonds is 41. The molecule has 356 valence electrons. The molecule has 1 fully saturated rings. The summed E-state index contributed by atoms with van der Waals surface area (Å²) in [7, 11) is -5.11. The zero-order valence-electron chi connectivity index (χ0n) is 37.8. The Labute approximate surface area is 363 Å². The summed E-state index contributed by atoms with van der Waals surface area (Å²) >= 11 is 0. The van der Waals surface area contributed by atoms with Gasteiger partial charge in [0.25, 0.3) is 0 Å². The van der Waals surface area contributed by atoms with Crippen LogP contribution < -0.4 is 0 Å². The van der Waals surface area contributed by atoms with Crippen LogP contribution in [0, 0.1) is 0 Å². The number of carbonyl (C=O) groups is 2. The minimum Gasteiger partial charge on any atom is -0.462 e. The van der Waals surface area contributed by atoms with E-state index in [-0.39, 0.29) is 12.8 Å². The number of carbonyl (C=O) groups excluding carboxylic acids is 2. The van der Waals surface area contributed by atoms with Crippen LogP contribution in [0.4, 0.5) is 0 Å². The molecule has 0 aromatic rings. The Morgan fingerprint density at radius 3 is 1.10 bits per heavy atom. The van der Waals surface area contributed by atoms with E-state index in [2.05, 4.69) is 13.8 Å². The highest BCUT2D eigenvalue weighted by atomic mass is 31.2. The van der Waals surface area contributed by atoms with Crippen molar-refractivity contribution in [2.45, 2.75) is 268 Å². The number of phosphoric ester groups is 1. The average molecular weight is 881 g/mol. The predicted molar refractivity (Wildman–Crippen MR) is 235 cm³/mol. The van der Waals surface area contributed by atoms with Gasteiger partial charge in [0.15, 0.2) is 6.10 Å². The summed E-state index contributed by atoms with van der Waals surface area (Å²) in [6.45, 7) is 3.33. The number of hydrogen-bond acceptors (Lipinski definition) is 12. The number of esters is 2. The number of phosphoric acid groups is 1. The summed E-state index contributed by atoms with van der Waals surface area (Å²) in [4.78, 5) is 35.7. The monoisotopic (exact) mass is 881 g/mol. The zero-order valence-corrected chi connectivity index (χ0v) is 38.7. The summed E-state index contributed by atoms with van der Waals surface area (Å²) in [6, 6.07) is 0. The maximum atomic E-state index is 12.8. The van der Waals surface area contributed by atoms with Gasteiger partial charge in [0, 0.05) is 12.8 Å². The van der Waals surface area contributed by atoms with Crippen molar-refractivity contribution in [2.75, 3.05) is 13.2 Å². The van der Waals surface area contributed by atoms with Crippen LogP contribution in [0.3, 0.4) is 0 Å². The normalized spacial score (nSPS) is 22.1. The number of ether oxygens (including phenoxy) is 2. The Bertz CT molecular complexity index is 1060. The van der Waals surface area contributed by atoms with Crippen molar-refractivity contribution in [1.82, 2.24) is 0 Å². The molecule has 1 saturated carbocycles. The van der Waals surface area contributed by atoms with E-state index in [4.69, 9.17) is 18.5 Å². The first kappa shape index (κ1) is 56.9. The fraction of sp³-hybridized carbons (Fsp3) is 0.957. The Balaban J connectivity index is 2.41. The largest absolute Gasteiger partial charge is 0.472 e. The molecule has 0 aromatic carbocycles. The lowest BCUT2D eigenvalue weighted by molar-refractivity contribution is -0.220. The molecule has 0 bridgehead atoms. The van der Waals surface area contributed by atoms with Crippen LogP contribution in [0.5, 0.6) is 0 Å². The standard InChI is InChI=1S/C46H89O13P/c1-3-5-7-9-11-13-15-17-19-20-21-23-25-27-29-31-33-35-40(48)58-38(37-57-60(54,55)59-46-44(52)42(50)41(49)43(51)45(46)53)36-56-39(47)34-32-30-28-26-24-22-18-16-14-12-10-8-6-4-2/h38,41-46,49-53H,3-37H2,1-2H3,(H,54,55). The second-order valence-corrected chi connectivity index (χ2v) is 18.7. The quantitative estimate of drug-likeness (QED) is 0.0192. The molecule has 6 unspecified atom stereocenters. The zero-order chi connectivity index (χ0) is 44.3. The van der Waals surface area contributed by atoms with Gasteiger partial charge in [0.2, 0.25) is 0 Å². The molecule has 0 aliphatic heterocycles. The first-order valence-corrected chi connectivity index (χ1v) is 25.8. The number of aliphatic hydroxyl groups excluding tert-OH is 5. The molecule has 1 aliphatic carbocycles.